The van der Waals surface area contributed by atoms with E-state index in [4.69, 9.17) is 0 Å². The monoisotopic (exact) mass is 296 g/mol. The lowest BCUT2D eigenvalue weighted by Gasteiger charge is -2.06. The lowest BCUT2D eigenvalue weighted by atomic mass is 10.2. The fraction of sp³-hybridized carbons (Fsp3) is 0.200. The van der Waals surface area contributed by atoms with E-state index in [9.17, 15) is 4.79 Å². The van der Waals surface area contributed by atoms with Gasteiger partial charge in [0.1, 0.15) is 12.7 Å². The molecule has 0 saturated carbocycles. The number of aromatic nitrogens is 5. The number of rotatable bonds is 6. The van der Waals surface area contributed by atoms with Crippen LogP contribution >= 0.6 is 0 Å². The first-order chi connectivity index (χ1) is 10.8. The molecule has 0 aliphatic rings. The molecule has 0 unspecified atom stereocenters. The molecule has 0 aliphatic heterocycles. The molecule has 3 aromatic rings. The molecule has 0 fully saturated rings. The average Bonchev–Trinajstić information content (AvgIpc) is 3.25. The molecule has 0 atom stereocenters. The van der Waals surface area contributed by atoms with Crippen LogP contribution < -0.4 is 5.32 Å². The Morgan fingerprint density at radius 2 is 2.05 bits per heavy atom. The molecular weight excluding hydrogens is 280 g/mol. The van der Waals surface area contributed by atoms with Crippen molar-refractivity contribution in [3.8, 4) is 5.69 Å². The van der Waals surface area contributed by atoms with Crippen LogP contribution in [0.2, 0.25) is 0 Å². The maximum Gasteiger partial charge on any atom is 0.251 e. The van der Waals surface area contributed by atoms with E-state index in [1.165, 1.54) is 6.33 Å². The number of amides is 1. The maximum atomic E-state index is 12.0. The van der Waals surface area contributed by atoms with Crippen molar-refractivity contribution in [3.63, 3.8) is 0 Å². The molecule has 0 radical (unpaired) electrons. The molecule has 112 valence electrons. The van der Waals surface area contributed by atoms with Crippen LogP contribution in [-0.4, -0.2) is 37.0 Å². The van der Waals surface area contributed by atoms with Crippen molar-refractivity contribution in [1.82, 2.24) is 29.9 Å². The van der Waals surface area contributed by atoms with Gasteiger partial charge in [-0.2, -0.15) is 10.2 Å². The van der Waals surface area contributed by atoms with Crippen LogP contribution in [0, 0.1) is 0 Å². The second kappa shape index (κ2) is 6.66. The first kappa shape index (κ1) is 14.0. The Morgan fingerprint density at radius 3 is 2.73 bits per heavy atom. The summed E-state index contributed by atoms with van der Waals surface area (Å²) < 4.78 is 3.49. The van der Waals surface area contributed by atoms with E-state index in [0.29, 0.717) is 12.1 Å². The Balaban J connectivity index is 1.49. The standard InChI is InChI=1S/C15H16N6O/c22-15(17-7-1-9-20-10-2-8-18-20)13-3-5-14(6-4-13)21-12-16-11-19-21/h2-6,8,10-12H,1,7,9H2,(H,17,22). The largest absolute Gasteiger partial charge is 0.352 e. The summed E-state index contributed by atoms with van der Waals surface area (Å²) in [6.45, 7) is 1.40. The van der Waals surface area contributed by atoms with E-state index in [0.717, 1.165) is 18.7 Å². The minimum atomic E-state index is -0.0781. The zero-order valence-corrected chi connectivity index (χ0v) is 12.0. The van der Waals surface area contributed by atoms with E-state index in [2.05, 4.69) is 20.5 Å². The predicted octanol–water partition coefficient (Wildman–Crippen LogP) is 1.28. The molecule has 3 rings (SSSR count). The molecule has 1 aromatic carbocycles. The number of nitrogens with one attached hydrogen (secondary N) is 1. The zero-order chi connectivity index (χ0) is 15.2. The molecule has 0 saturated heterocycles. The molecule has 0 bridgehead atoms. The lowest BCUT2D eigenvalue weighted by Crippen LogP contribution is -2.25. The summed E-state index contributed by atoms with van der Waals surface area (Å²) in [5, 5.41) is 11.1. The lowest BCUT2D eigenvalue weighted by molar-refractivity contribution is 0.0952. The Hall–Kier alpha value is -2.96. The minimum absolute atomic E-state index is 0.0781. The van der Waals surface area contributed by atoms with Crippen LogP contribution in [0.1, 0.15) is 16.8 Å². The van der Waals surface area contributed by atoms with Crippen LogP contribution in [-0.2, 0) is 6.54 Å². The second-order valence-electron chi connectivity index (χ2n) is 4.77. The van der Waals surface area contributed by atoms with Crippen molar-refractivity contribution in [2.45, 2.75) is 13.0 Å². The van der Waals surface area contributed by atoms with Crippen LogP contribution in [0.5, 0.6) is 0 Å². The second-order valence-corrected chi connectivity index (χ2v) is 4.77. The summed E-state index contributed by atoms with van der Waals surface area (Å²) in [5.74, 6) is -0.0781. The number of carbonyl (C=O) groups is 1. The molecule has 1 N–H and O–H groups in total. The molecular formula is C15H16N6O. The van der Waals surface area contributed by atoms with Gasteiger partial charge in [-0.25, -0.2) is 9.67 Å². The van der Waals surface area contributed by atoms with Gasteiger partial charge >= 0.3 is 0 Å². The number of carbonyl (C=O) groups excluding carboxylic acids is 1. The van der Waals surface area contributed by atoms with E-state index >= 15 is 0 Å². The molecule has 22 heavy (non-hydrogen) atoms. The number of hydrogen-bond acceptors (Lipinski definition) is 4. The number of benzene rings is 1. The fourth-order valence-corrected chi connectivity index (χ4v) is 2.08. The quantitative estimate of drug-likeness (QED) is 0.695. The summed E-state index contributed by atoms with van der Waals surface area (Å²) in [4.78, 5) is 15.9. The van der Waals surface area contributed by atoms with E-state index in [1.54, 1.807) is 29.3 Å². The van der Waals surface area contributed by atoms with Gasteiger partial charge in [0.15, 0.2) is 0 Å². The highest BCUT2D eigenvalue weighted by atomic mass is 16.1. The van der Waals surface area contributed by atoms with Crippen LogP contribution in [0.3, 0.4) is 0 Å². The van der Waals surface area contributed by atoms with Gasteiger partial charge in [0, 0.05) is 31.0 Å². The van der Waals surface area contributed by atoms with Gasteiger partial charge in [-0.1, -0.05) is 0 Å². The SMILES string of the molecule is O=C(NCCCn1cccn1)c1ccc(-n2cncn2)cc1. The van der Waals surface area contributed by atoms with Crippen LogP contribution in [0.4, 0.5) is 0 Å². The zero-order valence-electron chi connectivity index (χ0n) is 12.0. The molecule has 0 spiro atoms. The van der Waals surface area contributed by atoms with Gasteiger partial charge in [0.05, 0.1) is 5.69 Å². The molecule has 7 heteroatoms. The highest BCUT2D eigenvalue weighted by molar-refractivity contribution is 5.94. The third-order valence-electron chi connectivity index (χ3n) is 3.22. The van der Waals surface area contributed by atoms with E-state index in [1.807, 2.05) is 29.1 Å². The average molecular weight is 296 g/mol. The smallest absolute Gasteiger partial charge is 0.251 e. The van der Waals surface area contributed by atoms with Gasteiger partial charge in [-0.05, 0) is 36.8 Å². The Kier molecular flexibility index (Phi) is 4.24. The van der Waals surface area contributed by atoms with Crippen molar-refractivity contribution >= 4 is 5.91 Å². The van der Waals surface area contributed by atoms with Crippen LogP contribution in [0.15, 0.2) is 55.4 Å². The summed E-state index contributed by atoms with van der Waals surface area (Å²) in [6, 6.07) is 9.12. The van der Waals surface area contributed by atoms with Gasteiger partial charge in [-0.3, -0.25) is 9.48 Å². The number of hydrogen-bond donors (Lipinski definition) is 1. The normalized spacial score (nSPS) is 10.5. The van der Waals surface area contributed by atoms with Crippen molar-refractivity contribution in [2.24, 2.45) is 0 Å². The Bertz CT molecular complexity index is 703. The third-order valence-corrected chi connectivity index (χ3v) is 3.22. The first-order valence-electron chi connectivity index (χ1n) is 7.03. The number of aryl methyl sites for hydroxylation is 1. The number of nitrogens with zero attached hydrogens (tertiary/aromatic N) is 5. The van der Waals surface area contributed by atoms with Crippen molar-refractivity contribution in [3.05, 3.63) is 60.9 Å². The fourth-order valence-electron chi connectivity index (χ4n) is 2.08. The summed E-state index contributed by atoms with van der Waals surface area (Å²) in [7, 11) is 0. The van der Waals surface area contributed by atoms with Gasteiger partial charge in [-0.15, -0.1) is 0 Å². The van der Waals surface area contributed by atoms with E-state index < -0.39 is 0 Å². The Labute approximate surface area is 127 Å². The molecule has 7 nitrogen and oxygen atoms in total. The maximum absolute atomic E-state index is 12.0. The Morgan fingerprint density at radius 1 is 1.18 bits per heavy atom. The van der Waals surface area contributed by atoms with Gasteiger partial charge in [0.2, 0.25) is 0 Å². The van der Waals surface area contributed by atoms with Gasteiger partial charge in [0.25, 0.3) is 5.91 Å². The highest BCUT2D eigenvalue weighted by Gasteiger charge is 2.05. The topological polar surface area (TPSA) is 77.6 Å². The minimum Gasteiger partial charge on any atom is -0.352 e. The summed E-state index contributed by atoms with van der Waals surface area (Å²) in [5.41, 5.74) is 1.50. The molecule has 0 aliphatic carbocycles. The van der Waals surface area contributed by atoms with Crippen LogP contribution in [0.25, 0.3) is 5.69 Å². The van der Waals surface area contributed by atoms with Crippen molar-refractivity contribution in [1.29, 1.82) is 0 Å². The predicted molar refractivity (Wildman–Crippen MR) is 80.5 cm³/mol. The first-order valence-corrected chi connectivity index (χ1v) is 7.03. The van der Waals surface area contributed by atoms with Gasteiger partial charge < -0.3 is 5.32 Å². The van der Waals surface area contributed by atoms with E-state index in [-0.39, 0.29) is 5.91 Å². The van der Waals surface area contributed by atoms with Crippen molar-refractivity contribution in [2.75, 3.05) is 6.54 Å². The summed E-state index contributed by atoms with van der Waals surface area (Å²) >= 11 is 0. The molecule has 2 heterocycles. The summed E-state index contributed by atoms with van der Waals surface area (Å²) in [6.07, 6.45) is 7.58. The molecule has 2 aromatic heterocycles. The molecule has 1 amide bonds. The highest BCUT2D eigenvalue weighted by Crippen LogP contribution is 2.07. The van der Waals surface area contributed by atoms with Crippen molar-refractivity contribution < 1.29 is 4.79 Å². The third kappa shape index (κ3) is 3.38.